The fourth-order valence-electron chi connectivity index (χ4n) is 2.42. The number of para-hydroxylation sites is 1. The Labute approximate surface area is 140 Å². The van der Waals surface area contributed by atoms with Gasteiger partial charge in [0.25, 0.3) is 5.56 Å². The van der Waals surface area contributed by atoms with Crippen LogP contribution in [-0.4, -0.2) is 17.0 Å². The molecule has 3 rings (SSSR count). The Morgan fingerprint density at radius 3 is 2.82 bits per heavy atom. The van der Waals surface area contributed by atoms with Crippen LogP contribution >= 0.6 is 27.3 Å². The Balaban J connectivity index is 1.88. The van der Waals surface area contributed by atoms with Crippen molar-refractivity contribution in [3.8, 4) is 0 Å². The predicted molar refractivity (Wildman–Crippen MR) is 93.4 cm³/mol. The third-order valence-electron chi connectivity index (χ3n) is 3.86. The van der Waals surface area contributed by atoms with Crippen LogP contribution in [-0.2, 0) is 6.54 Å². The van der Waals surface area contributed by atoms with Crippen LogP contribution in [0.25, 0.3) is 10.9 Å². The number of H-pyrrole nitrogens is 1. The number of aromatic nitrogens is 2. The number of thiophene rings is 1. The van der Waals surface area contributed by atoms with Crippen molar-refractivity contribution in [3.63, 3.8) is 0 Å². The van der Waals surface area contributed by atoms with E-state index in [1.807, 2.05) is 18.2 Å². The molecule has 0 aliphatic carbocycles. The Kier molecular flexibility index (Phi) is 4.42. The highest BCUT2D eigenvalue weighted by Crippen LogP contribution is 2.21. The third-order valence-corrected chi connectivity index (χ3v) is 5.49. The monoisotopic (exact) mass is 378 g/mol. The molecule has 0 bridgehead atoms. The first-order chi connectivity index (χ1) is 10.5. The van der Waals surface area contributed by atoms with Gasteiger partial charge in [-0.1, -0.05) is 12.1 Å². The van der Waals surface area contributed by atoms with Crippen molar-refractivity contribution < 1.29 is 4.90 Å². The van der Waals surface area contributed by atoms with Gasteiger partial charge in [0, 0.05) is 0 Å². The largest absolute Gasteiger partial charge is 0.324 e. The number of aromatic amines is 1. The zero-order chi connectivity index (χ0) is 15.7. The van der Waals surface area contributed by atoms with Crippen LogP contribution < -0.4 is 10.5 Å². The minimum atomic E-state index is -0.0703. The number of halogens is 1. The van der Waals surface area contributed by atoms with E-state index < -0.39 is 0 Å². The Hall–Kier alpha value is -1.50. The number of nitrogens with zero attached hydrogens (tertiary/aromatic N) is 1. The van der Waals surface area contributed by atoms with Crippen molar-refractivity contribution in [2.45, 2.75) is 19.5 Å². The van der Waals surface area contributed by atoms with Crippen molar-refractivity contribution >= 4 is 38.2 Å². The van der Waals surface area contributed by atoms with Gasteiger partial charge < -0.3 is 9.88 Å². The first-order valence-corrected chi connectivity index (χ1v) is 8.71. The Morgan fingerprint density at radius 2 is 2.09 bits per heavy atom. The van der Waals surface area contributed by atoms with Crippen molar-refractivity contribution in [2.24, 2.45) is 0 Å². The maximum absolute atomic E-state index is 12.2. The number of hydrogen-bond donors (Lipinski definition) is 2. The van der Waals surface area contributed by atoms with Gasteiger partial charge >= 0.3 is 0 Å². The molecule has 114 valence electrons. The third kappa shape index (κ3) is 3.14. The second-order valence-electron chi connectivity index (χ2n) is 5.42. The van der Waals surface area contributed by atoms with Gasteiger partial charge in [0.05, 0.1) is 26.6 Å². The van der Waals surface area contributed by atoms with Gasteiger partial charge in [0.15, 0.2) is 5.82 Å². The van der Waals surface area contributed by atoms with Gasteiger partial charge in [-0.2, -0.15) is 0 Å². The first-order valence-electron chi connectivity index (χ1n) is 7.10. The minimum absolute atomic E-state index is 0.0703. The van der Waals surface area contributed by atoms with E-state index in [4.69, 9.17) is 0 Å². The standard InChI is InChI=1S/C16H16BrN3OS/c1-10(20(2)9-11-7-8-14(17)22-11)15-18-13-6-4-3-5-12(13)16(21)19-15/h3-8,10H,9H2,1-2H3,(H,18,19,21)/p+1/t10-/m1/s1. The predicted octanol–water partition coefficient (Wildman–Crippen LogP) is 2.52. The summed E-state index contributed by atoms with van der Waals surface area (Å²) in [6.07, 6.45) is 0. The van der Waals surface area contributed by atoms with Crippen molar-refractivity contribution in [3.05, 3.63) is 61.2 Å². The van der Waals surface area contributed by atoms with Crippen LogP contribution in [0.5, 0.6) is 0 Å². The SMILES string of the molecule is C[C@H](c1nc2ccccc2c(=O)[nH]1)[NH+](C)Cc1ccc(Br)s1. The lowest BCUT2D eigenvalue weighted by Gasteiger charge is -2.20. The molecule has 22 heavy (non-hydrogen) atoms. The van der Waals surface area contributed by atoms with E-state index in [1.165, 1.54) is 9.78 Å². The number of hydrogen-bond acceptors (Lipinski definition) is 3. The van der Waals surface area contributed by atoms with E-state index in [1.54, 1.807) is 17.4 Å². The number of fused-ring (bicyclic) bond motifs is 1. The summed E-state index contributed by atoms with van der Waals surface area (Å²) < 4.78 is 1.14. The van der Waals surface area contributed by atoms with Crippen LogP contribution in [0.15, 0.2) is 45.0 Å². The average molecular weight is 379 g/mol. The van der Waals surface area contributed by atoms with Crippen molar-refractivity contribution in [1.29, 1.82) is 0 Å². The smallest absolute Gasteiger partial charge is 0.258 e. The molecule has 2 atom stereocenters. The molecule has 3 aromatic rings. The van der Waals surface area contributed by atoms with E-state index in [0.29, 0.717) is 5.39 Å². The molecular weight excluding hydrogens is 362 g/mol. The van der Waals surface area contributed by atoms with E-state index in [-0.39, 0.29) is 11.6 Å². The van der Waals surface area contributed by atoms with E-state index >= 15 is 0 Å². The molecule has 0 spiro atoms. The maximum atomic E-state index is 12.2. The molecule has 0 saturated carbocycles. The van der Waals surface area contributed by atoms with Crippen LogP contribution in [0, 0.1) is 0 Å². The number of rotatable bonds is 4. The van der Waals surface area contributed by atoms with Crippen molar-refractivity contribution in [1.82, 2.24) is 9.97 Å². The summed E-state index contributed by atoms with van der Waals surface area (Å²) >= 11 is 5.23. The van der Waals surface area contributed by atoms with Gasteiger partial charge in [0.1, 0.15) is 12.6 Å². The Morgan fingerprint density at radius 1 is 1.32 bits per heavy atom. The lowest BCUT2D eigenvalue weighted by Crippen LogP contribution is -3.07. The second kappa shape index (κ2) is 6.32. The number of quaternary nitrogens is 1. The van der Waals surface area contributed by atoms with Crippen LogP contribution in [0.2, 0.25) is 0 Å². The molecule has 2 heterocycles. The van der Waals surface area contributed by atoms with E-state index in [9.17, 15) is 4.79 Å². The van der Waals surface area contributed by atoms with E-state index in [0.717, 1.165) is 21.7 Å². The zero-order valence-electron chi connectivity index (χ0n) is 12.4. The summed E-state index contributed by atoms with van der Waals surface area (Å²) in [5.74, 6) is 0.733. The van der Waals surface area contributed by atoms with E-state index in [2.05, 4.69) is 52.0 Å². The first kappa shape index (κ1) is 15.4. The van der Waals surface area contributed by atoms with Crippen LogP contribution in [0.1, 0.15) is 23.7 Å². The summed E-state index contributed by atoms with van der Waals surface area (Å²) in [5, 5.41) is 0.637. The summed E-state index contributed by atoms with van der Waals surface area (Å²) in [5.41, 5.74) is 0.680. The minimum Gasteiger partial charge on any atom is -0.324 e. The summed E-state index contributed by atoms with van der Waals surface area (Å²) in [6.45, 7) is 2.99. The molecule has 0 radical (unpaired) electrons. The highest BCUT2D eigenvalue weighted by atomic mass is 79.9. The molecule has 6 heteroatoms. The lowest BCUT2D eigenvalue weighted by atomic mass is 10.2. The average Bonchev–Trinajstić information content (AvgIpc) is 2.91. The highest BCUT2D eigenvalue weighted by Gasteiger charge is 2.19. The molecule has 2 N–H and O–H groups in total. The fraction of sp³-hybridized carbons (Fsp3) is 0.250. The summed E-state index contributed by atoms with van der Waals surface area (Å²) in [6, 6.07) is 11.7. The molecule has 2 aromatic heterocycles. The number of benzene rings is 1. The molecule has 0 aliphatic heterocycles. The molecule has 4 nitrogen and oxygen atoms in total. The molecule has 0 saturated heterocycles. The van der Waals surface area contributed by atoms with Crippen LogP contribution in [0.4, 0.5) is 0 Å². The van der Waals surface area contributed by atoms with Crippen LogP contribution in [0.3, 0.4) is 0 Å². The highest BCUT2D eigenvalue weighted by molar-refractivity contribution is 9.11. The quantitative estimate of drug-likeness (QED) is 0.732. The molecular formula is C16H17BrN3OS+. The normalized spacial score (nSPS) is 14.1. The topological polar surface area (TPSA) is 50.2 Å². The van der Waals surface area contributed by atoms with Gasteiger partial charge in [-0.3, -0.25) is 4.79 Å². The Bertz CT molecular complexity index is 858. The van der Waals surface area contributed by atoms with Gasteiger partial charge in [-0.25, -0.2) is 4.98 Å². The van der Waals surface area contributed by atoms with Gasteiger partial charge in [-0.15, -0.1) is 11.3 Å². The zero-order valence-corrected chi connectivity index (χ0v) is 14.8. The summed E-state index contributed by atoms with van der Waals surface area (Å²) in [7, 11) is 2.12. The van der Waals surface area contributed by atoms with Gasteiger partial charge in [0.2, 0.25) is 0 Å². The lowest BCUT2D eigenvalue weighted by molar-refractivity contribution is -0.924. The number of nitrogens with one attached hydrogen (secondary N) is 2. The molecule has 0 fully saturated rings. The maximum Gasteiger partial charge on any atom is 0.258 e. The van der Waals surface area contributed by atoms with Gasteiger partial charge in [-0.05, 0) is 47.1 Å². The molecule has 1 aromatic carbocycles. The molecule has 0 amide bonds. The molecule has 0 aliphatic rings. The fourth-order valence-corrected chi connectivity index (χ4v) is 4.00. The second-order valence-corrected chi connectivity index (χ2v) is 7.97. The molecule has 1 unspecified atom stereocenters. The summed E-state index contributed by atoms with van der Waals surface area (Å²) in [4.78, 5) is 22.3. The van der Waals surface area contributed by atoms with Crippen molar-refractivity contribution in [2.75, 3.05) is 7.05 Å².